The highest BCUT2D eigenvalue weighted by Gasteiger charge is 1.93. The van der Waals surface area contributed by atoms with E-state index in [2.05, 4.69) is 23.7 Å². The van der Waals surface area contributed by atoms with Crippen molar-refractivity contribution < 1.29 is 0 Å². The van der Waals surface area contributed by atoms with Crippen LogP contribution in [0, 0.1) is 0 Å². The standard InChI is InChI=1S/C8H18N2.ClH/c1-4-6-10(7-5-2)8-9-3;/h8H,4-7H2,1-3H3;1H. The van der Waals surface area contributed by atoms with Gasteiger partial charge in [-0.2, -0.15) is 0 Å². The molecule has 0 saturated carbocycles. The van der Waals surface area contributed by atoms with Crippen molar-refractivity contribution in [2.24, 2.45) is 4.99 Å². The highest BCUT2D eigenvalue weighted by atomic mass is 35.5. The van der Waals surface area contributed by atoms with Crippen LogP contribution in [0.2, 0.25) is 0 Å². The molecular formula is C8H19ClN2. The van der Waals surface area contributed by atoms with Crippen molar-refractivity contribution >= 4 is 18.7 Å². The summed E-state index contributed by atoms with van der Waals surface area (Å²) in [5.41, 5.74) is 0. The minimum absolute atomic E-state index is 0. The van der Waals surface area contributed by atoms with E-state index >= 15 is 0 Å². The maximum absolute atomic E-state index is 3.97. The first-order chi connectivity index (χ1) is 4.85. The topological polar surface area (TPSA) is 15.6 Å². The van der Waals surface area contributed by atoms with Crippen molar-refractivity contribution in [2.75, 3.05) is 20.1 Å². The molecular weight excluding hydrogens is 160 g/mol. The molecule has 3 heteroatoms. The van der Waals surface area contributed by atoms with Gasteiger partial charge in [0.25, 0.3) is 0 Å². The molecule has 0 aromatic rings. The van der Waals surface area contributed by atoms with Crippen LogP contribution in [0.3, 0.4) is 0 Å². The van der Waals surface area contributed by atoms with Crippen LogP contribution in [-0.4, -0.2) is 31.4 Å². The van der Waals surface area contributed by atoms with Crippen molar-refractivity contribution in [3.63, 3.8) is 0 Å². The van der Waals surface area contributed by atoms with Gasteiger partial charge in [0.2, 0.25) is 0 Å². The number of hydrogen-bond acceptors (Lipinski definition) is 1. The number of nitrogens with zero attached hydrogens (tertiary/aromatic N) is 2. The third-order valence-electron chi connectivity index (χ3n) is 1.30. The van der Waals surface area contributed by atoms with Gasteiger partial charge < -0.3 is 4.90 Å². The first-order valence-corrected chi connectivity index (χ1v) is 4.01. The van der Waals surface area contributed by atoms with Gasteiger partial charge in [0.15, 0.2) is 0 Å². The fraction of sp³-hybridized carbons (Fsp3) is 0.875. The zero-order chi connectivity index (χ0) is 7.82. The van der Waals surface area contributed by atoms with E-state index in [1.54, 1.807) is 0 Å². The van der Waals surface area contributed by atoms with Gasteiger partial charge in [-0.25, -0.2) is 0 Å². The zero-order valence-corrected chi connectivity index (χ0v) is 8.52. The second-order valence-electron chi connectivity index (χ2n) is 2.41. The van der Waals surface area contributed by atoms with Gasteiger partial charge in [-0.3, -0.25) is 4.99 Å². The molecule has 0 rings (SSSR count). The minimum atomic E-state index is 0. The van der Waals surface area contributed by atoms with E-state index in [4.69, 9.17) is 0 Å². The third kappa shape index (κ3) is 7.66. The lowest BCUT2D eigenvalue weighted by molar-refractivity contribution is 0.428. The average molecular weight is 179 g/mol. The summed E-state index contributed by atoms with van der Waals surface area (Å²) in [7, 11) is 1.82. The average Bonchev–Trinajstić information content (AvgIpc) is 1.90. The van der Waals surface area contributed by atoms with Gasteiger partial charge >= 0.3 is 0 Å². The quantitative estimate of drug-likeness (QED) is 0.466. The van der Waals surface area contributed by atoms with E-state index in [1.165, 1.54) is 12.8 Å². The third-order valence-corrected chi connectivity index (χ3v) is 1.30. The number of aliphatic imine (C=N–C) groups is 1. The smallest absolute Gasteiger partial charge is 0.0846 e. The number of rotatable bonds is 5. The Morgan fingerprint density at radius 1 is 1.18 bits per heavy atom. The van der Waals surface area contributed by atoms with Crippen molar-refractivity contribution in [2.45, 2.75) is 26.7 Å². The lowest BCUT2D eigenvalue weighted by Gasteiger charge is -2.16. The predicted molar refractivity (Wildman–Crippen MR) is 53.8 cm³/mol. The molecule has 0 saturated heterocycles. The Morgan fingerprint density at radius 3 is 1.91 bits per heavy atom. The predicted octanol–water partition coefficient (Wildman–Crippen LogP) is 2.19. The summed E-state index contributed by atoms with van der Waals surface area (Å²) in [6.45, 7) is 6.63. The summed E-state index contributed by atoms with van der Waals surface area (Å²) < 4.78 is 0. The SMILES string of the molecule is CCCN(C=NC)CCC.Cl. The maximum Gasteiger partial charge on any atom is 0.0846 e. The van der Waals surface area contributed by atoms with Crippen LogP contribution < -0.4 is 0 Å². The van der Waals surface area contributed by atoms with E-state index in [0.29, 0.717) is 0 Å². The van der Waals surface area contributed by atoms with Gasteiger partial charge in [0.1, 0.15) is 0 Å². The minimum Gasteiger partial charge on any atom is -0.363 e. The Bertz CT molecular complexity index is 88.1. The summed E-state index contributed by atoms with van der Waals surface area (Å²) in [4.78, 5) is 6.22. The van der Waals surface area contributed by atoms with Crippen molar-refractivity contribution in [1.29, 1.82) is 0 Å². The Morgan fingerprint density at radius 2 is 1.64 bits per heavy atom. The van der Waals surface area contributed by atoms with Crippen LogP contribution in [0.4, 0.5) is 0 Å². The highest BCUT2D eigenvalue weighted by Crippen LogP contribution is 1.89. The van der Waals surface area contributed by atoms with E-state index in [9.17, 15) is 0 Å². The molecule has 0 aliphatic carbocycles. The molecule has 68 valence electrons. The molecule has 0 aliphatic rings. The maximum atomic E-state index is 3.97. The molecule has 0 aromatic heterocycles. The van der Waals surface area contributed by atoms with E-state index in [1.807, 2.05) is 13.4 Å². The summed E-state index contributed by atoms with van der Waals surface area (Å²) in [5, 5.41) is 0. The molecule has 0 heterocycles. The van der Waals surface area contributed by atoms with E-state index in [0.717, 1.165) is 13.1 Å². The molecule has 0 N–H and O–H groups in total. The van der Waals surface area contributed by atoms with Crippen molar-refractivity contribution in [3.8, 4) is 0 Å². The van der Waals surface area contributed by atoms with Gasteiger partial charge in [0.05, 0.1) is 6.34 Å². The van der Waals surface area contributed by atoms with Crippen LogP contribution in [0.15, 0.2) is 4.99 Å². The first kappa shape index (κ1) is 13.4. The number of halogens is 1. The van der Waals surface area contributed by atoms with E-state index in [-0.39, 0.29) is 12.4 Å². The molecule has 0 bridgehead atoms. The lowest BCUT2D eigenvalue weighted by Crippen LogP contribution is -2.23. The molecule has 0 unspecified atom stereocenters. The Hall–Kier alpha value is -0.240. The normalized spacial score (nSPS) is 9.73. The first-order valence-electron chi connectivity index (χ1n) is 4.01. The van der Waals surface area contributed by atoms with Gasteiger partial charge in [-0.1, -0.05) is 13.8 Å². The lowest BCUT2D eigenvalue weighted by atomic mass is 10.4. The summed E-state index contributed by atoms with van der Waals surface area (Å²) in [6.07, 6.45) is 4.32. The molecule has 11 heavy (non-hydrogen) atoms. The molecule has 0 fully saturated rings. The van der Waals surface area contributed by atoms with Gasteiger partial charge in [-0.15, -0.1) is 12.4 Å². The zero-order valence-electron chi connectivity index (χ0n) is 7.71. The molecule has 2 nitrogen and oxygen atoms in total. The Kier molecular flexibility index (Phi) is 11.9. The van der Waals surface area contributed by atoms with Crippen LogP contribution >= 0.6 is 12.4 Å². The molecule has 0 amide bonds. The monoisotopic (exact) mass is 178 g/mol. The molecule has 0 aromatic carbocycles. The summed E-state index contributed by atoms with van der Waals surface area (Å²) in [5.74, 6) is 0. The van der Waals surface area contributed by atoms with Gasteiger partial charge in [-0.05, 0) is 12.8 Å². The second-order valence-corrected chi connectivity index (χ2v) is 2.41. The Labute approximate surface area is 76.1 Å². The fourth-order valence-electron chi connectivity index (χ4n) is 0.965. The fourth-order valence-corrected chi connectivity index (χ4v) is 0.965. The molecule has 0 atom stereocenters. The summed E-state index contributed by atoms with van der Waals surface area (Å²) in [6, 6.07) is 0. The van der Waals surface area contributed by atoms with Crippen molar-refractivity contribution in [1.82, 2.24) is 4.90 Å². The largest absolute Gasteiger partial charge is 0.363 e. The molecule has 0 aliphatic heterocycles. The van der Waals surface area contributed by atoms with Crippen LogP contribution in [-0.2, 0) is 0 Å². The van der Waals surface area contributed by atoms with Crippen LogP contribution in [0.5, 0.6) is 0 Å². The number of hydrogen-bond donors (Lipinski definition) is 0. The molecule has 0 radical (unpaired) electrons. The second kappa shape index (κ2) is 9.76. The van der Waals surface area contributed by atoms with E-state index < -0.39 is 0 Å². The highest BCUT2D eigenvalue weighted by molar-refractivity contribution is 5.85. The Balaban J connectivity index is 0. The summed E-state index contributed by atoms with van der Waals surface area (Å²) >= 11 is 0. The van der Waals surface area contributed by atoms with Gasteiger partial charge in [0, 0.05) is 20.1 Å². The van der Waals surface area contributed by atoms with Crippen LogP contribution in [0.1, 0.15) is 26.7 Å². The molecule has 0 spiro atoms. The van der Waals surface area contributed by atoms with Crippen LogP contribution in [0.25, 0.3) is 0 Å². The van der Waals surface area contributed by atoms with Crippen molar-refractivity contribution in [3.05, 3.63) is 0 Å².